The van der Waals surface area contributed by atoms with Crippen LogP contribution in [0.2, 0.25) is 0 Å². The van der Waals surface area contributed by atoms with Crippen LogP contribution in [0, 0.1) is 6.92 Å². The third-order valence-corrected chi connectivity index (χ3v) is 3.31. The maximum absolute atomic E-state index is 10.5. The van der Waals surface area contributed by atoms with Crippen LogP contribution in [0.15, 0.2) is 23.8 Å². The average molecular weight is 263 g/mol. The van der Waals surface area contributed by atoms with Crippen LogP contribution in [-0.2, 0) is 17.8 Å². The van der Waals surface area contributed by atoms with Gasteiger partial charge in [0.15, 0.2) is 5.13 Å². The van der Waals surface area contributed by atoms with Crippen molar-refractivity contribution in [2.45, 2.75) is 19.9 Å². The summed E-state index contributed by atoms with van der Waals surface area (Å²) in [5.41, 5.74) is 2.85. The van der Waals surface area contributed by atoms with Gasteiger partial charge < -0.3 is 10.4 Å². The van der Waals surface area contributed by atoms with Crippen LogP contribution in [0.3, 0.4) is 0 Å². The second-order valence-electron chi connectivity index (χ2n) is 3.87. The summed E-state index contributed by atoms with van der Waals surface area (Å²) in [6.45, 7) is 2.66. The molecule has 6 heteroatoms. The molecule has 0 saturated heterocycles. The van der Waals surface area contributed by atoms with Crippen molar-refractivity contribution in [1.29, 1.82) is 0 Å². The highest BCUT2D eigenvalue weighted by atomic mass is 32.1. The second-order valence-corrected chi connectivity index (χ2v) is 4.73. The zero-order valence-corrected chi connectivity index (χ0v) is 10.7. The molecule has 0 aliphatic rings. The molecular formula is C12H13N3O2S. The molecule has 0 aromatic carbocycles. The number of thiazole rings is 1. The number of carboxylic acids is 1. The maximum atomic E-state index is 10.5. The summed E-state index contributed by atoms with van der Waals surface area (Å²) >= 11 is 1.41. The van der Waals surface area contributed by atoms with E-state index in [9.17, 15) is 4.79 Å². The fourth-order valence-corrected chi connectivity index (χ4v) is 2.19. The topological polar surface area (TPSA) is 75.1 Å². The number of anilines is 1. The Balaban J connectivity index is 1.96. The summed E-state index contributed by atoms with van der Waals surface area (Å²) in [4.78, 5) is 18.8. The lowest BCUT2D eigenvalue weighted by Gasteiger charge is -2.05. The summed E-state index contributed by atoms with van der Waals surface area (Å²) in [6, 6.07) is 1.95. The normalized spacial score (nSPS) is 10.3. The Morgan fingerprint density at radius 2 is 2.39 bits per heavy atom. The van der Waals surface area contributed by atoms with Crippen LogP contribution >= 0.6 is 11.3 Å². The van der Waals surface area contributed by atoms with E-state index < -0.39 is 5.97 Å². The monoisotopic (exact) mass is 263 g/mol. The summed E-state index contributed by atoms with van der Waals surface area (Å²) in [7, 11) is 0. The van der Waals surface area contributed by atoms with Crippen molar-refractivity contribution in [2.75, 3.05) is 5.32 Å². The molecule has 0 fully saturated rings. The van der Waals surface area contributed by atoms with Gasteiger partial charge >= 0.3 is 5.97 Å². The number of carboxylic acid groups (broad SMARTS) is 1. The minimum Gasteiger partial charge on any atom is -0.481 e. The number of aromatic nitrogens is 2. The molecule has 2 heterocycles. The Morgan fingerprint density at radius 3 is 3.11 bits per heavy atom. The number of pyridine rings is 1. The predicted octanol–water partition coefficient (Wildman–Crippen LogP) is 2.09. The molecule has 0 aliphatic heterocycles. The van der Waals surface area contributed by atoms with Gasteiger partial charge in [-0.05, 0) is 24.1 Å². The highest BCUT2D eigenvalue weighted by Crippen LogP contribution is 2.17. The standard InChI is InChI=1S/C12H13N3O2S/c1-8-2-3-13-5-9(8)6-14-12-15-10(7-18-12)4-11(16)17/h2-3,5,7H,4,6H2,1H3,(H,14,15)(H,16,17). The summed E-state index contributed by atoms with van der Waals surface area (Å²) in [5.74, 6) is -0.866. The molecule has 0 atom stereocenters. The number of nitrogens with one attached hydrogen (secondary N) is 1. The molecule has 0 aliphatic carbocycles. The Morgan fingerprint density at radius 1 is 1.56 bits per heavy atom. The van der Waals surface area contributed by atoms with Gasteiger partial charge in [-0.15, -0.1) is 11.3 Å². The Labute approximate surface area is 109 Å². The largest absolute Gasteiger partial charge is 0.481 e. The third-order valence-electron chi connectivity index (χ3n) is 2.46. The van der Waals surface area contributed by atoms with Crippen LogP contribution in [0.4, 0.5) is 5.13 Å². The van der Waals surface area contributed by atoms with E-state index in [1.165, 1.54) is 16.9 Å². The first-order valence-corrected chi connectivity index (χ1v) is 6.32. The Bertz CT molecular complexity index is 554. The van der Waals surface area contributed by atoms with Crippen molar-refractivity contribution >= 4 is 22.4 Å². The number of hydrogen-bond acceptors (Lipinski definition) is 5. The first-order valence-electron chi connectivity index (χ1n) is 5.44. The van der Waals surface area contributed by atoms with Crippen molar-refractivity contribution < 1.29 is 9.90 Å². The Hall–Kier alpha value is -1.95. The SMILES string of the molecule is Cc1ccncc1CNc1nc(CC(=O)O)cs1. The van der Waals surface area contributed by atoms with Crippen LogP contribution in [0.5, 0.6) is 0 Å². The molecule has 0 amide bonds. The van der Waals surface area contributed by atoms with E-state index >= 15 is 0 Å². The quantitative estimate of drug-likeness (QED) is 0.864. The molecule has 94 valence electrons. The summed E-state index contributed by atoms with van der Waals surface area (Å²) < 4.78 is 0. The van der Waals surface area contributed by atoms with Gasteiger partial charge in [0.05, 0.1) is 12.1 Å². The van der Waals surface area contributed by atoms with Crippen LogP contribution in [-0.4, -0.2) is 21.0 Å². The van der Waals surface area contributed by atoms with Gasteiger partial charge in [-0.1, -0.05) is 0 Å². The Kier molecular flexibility index (Phi) is 3.88. The molecule has 2 N–H and O–H groups in total. The third kappa shape index (κ3) is 3.27. The van der Waals surface area contributed by atoms with Gasteiger partial charge in [-0.2, -0.15) is 0 Å². The first-order chi connectivity index (χ1) is 8.65. The maximum Gasteiger partial charge on any atom is 0.309 e. The van der Waals surface area contributed by atoms with E-state index in [0.717, 1.165) is 10.7 Å². The van der Waals surface area contributed by atoms with Crippen molar-refractivity contribution in [3.63, 3.8) is 0 Å². The number of aryl methyl sites for hydroxylation is 1. The number of nitrogens with zero attached hydrogens (tertiary/aromatic N) is 2. The molecule has 0 spiro atoms. The molecule has 2 rings (SSSR count). The smallest absolute Gasteiger partial charge is 0.309 e. The van der Waals surface area contributed by atoms with Gasteiger partial charge in [0.25, 0.3) is 0 Å². The number of carbonyl (C=O) groups is 1. The van der Waals surface area contributed by atoms with Crippen LogP contribution in [0.25, 0.3) is 0 Å². The highest BCUT2D eigenvalue weighted by molar-refractivity contribution is 7.13. The van der Waals surface area contributed by atoms with Crippen molar-refractivity contribution in [1.82, 2.24) is 9.97 Å². The van der Waals surface area contributed by atoms with E-state index in [4.69, 9.17) is 5.11 Å². The fourth-order valence-electron chi connectivity index (χ4n) is 1.48. The van der Waals surface area contributed by atoms with E-state index in [1.54, 1.807) is 11.6 Å². The summed E-state index contributed by atoms with van der Waals surface area (Å²) in [6.07, 6.45) is 3.53. The van der Waals surface area contributed by atoms with Gasteiger partial charge in [0.1, 0.15) is 0 Å². The predicted molar refractivity (Wildman–Crippen MR) is 69.8 cm³/mol. The first kappa shape index (κ1) is 12.5. The molecule has 0 saturated carbocycles. The number of hydrogen-bond donors (Lipinski definition) is 2. The van der Waals surface area contributed by atoms with Crippen LogP contribution < -0.4 is 5.32 Å². The molecule has 18 heavy (non-hydrogen) atoms. The zero-order valence-electron chi connectivity index (χ0n) is 9.88. The molecule has 5 nitrogen and oxygen atoms in total. The molecule has 2 aromatic rings. The van der Waals surface area contributed by atoms with E-state index in [2.05, 4.69) is 15.3 Å². The lowest BCUT2D eigenvalue weighted by atomic mass is 10.2. The second kappa shape index (κ2) is 5.59. The minimum atomic E-state index is -0.866. The lowest BCUT2D eigenvalue weighted by Crippen LogP contribution is -2.03. The fraction of sp³-hybridized carbons (Fsp3) is 0.250. The van der Waals surface area contributed by atoms with Gasteiger partial charge in [0, 0.05) is 24.3 Å². The van der Waals surface area contributed by atoms with E-state index in [1.807, 2.05) is 19.2 Å². The molecular weight excluding hydrogens is 250 g/mol. The molecule has 0 unspecified atom stereocenters. The zero-order chi connectivity index (χ0) is 13.0. The van der Waals surface area contributed by atoms with E-state index in [-0.39, 0.29) is 6.42 Å². The number of rotatable bonds is 5. The number of aliphatic carboxylic acids is 1. The highest BCUT2D eigenvalue weighted by Gasteiger charge is 2.06. The van der Waals surface area contributed by atoms with Gasteiger partial charge in [-0.3, -0.25) is 9.78 Å². The summed E-state index contributed by atoms with van der Waals surface area (Å²) in [5, 5.41) is 14.3. The van der Waals surface area contributed by atoms with Crippen molar-refractivity contribution in [3.05, 3.63) is 40.7 Å². The van der Waals surface area contributed by atoms with Gasteiger partial charge in [-0.25, -0.2) is 4.98 Å². The minimum absolute atomic E-state index is 0.0376. The van der Waals surface area contributed by atoms with E-state index in [0.29, 0.717) is 12.2 Å². The van der Waals surface area contributed by atoms with Crippen LogP contribution in [0.1, 0.15) is 16.8 Å². The molecule has 2 aromatic heterocycles. The molecule has 0 radical (unpaired) electrons. The van der Waals surface area contributed by atoms with Crippen molar-refractivity contribution in [2.24, 2.45) is 0 Å². The lowest BCUT2D eigenvalue weighted by molar-refractivity contribution is -0.136. The molecule has 0 bridgehead atoms. The van der Waals surface area contributed by atoms with Crippen molar-refractivity contribution in [3.8, 4) is 0 Å². The average Bonchev–Trinajstić information content (AvgIpc) is 2.75. The van der Waals surface area contributed by atoms with Gasteiger partial charge in [0.2, 0.25) is 0 Å².